The maximum atomic E-state index is 12.9. The van der Waals surface area contributed by atoms with Gasteiger partial charge in [0.1, 0.15) is 5.82 Å². The zero-order valence-corrected chi connectivity index (χ0v) is 16.4. The average Bonchev–Trinajstić information content (AvgIpc) is 2.75. The number of rotatable bonds is 6. The van der Waals surface area contributed by atoms with Crippen LogP contribution >= 0.6 is 0 Å². The molecule has 0 aliphatic rings. The van der Waals surface area contributed by atoms with Gasteiger partial charge in [0, 0.05) is 5.56 Å². The van der Waals surface area contributed by atoms with Crippen molar-refractivity contribution in [1.29, 1.82) is 0 Å². The minimum absolute atomic E-state index is 0.260. The Morgan fingerprint density at radius 3 is 2.27 bits per heavy atom. The second kappa shape index (κ2) is 9.47. The minimum atomic E-state index is -0.499. The number of hydrazone groups is 1. The second-order valence-corrected chi connectivity index (χ2v) is 6.37. The van der Waals surface area contributed by atoms with Crippen LogP contribution in [0.2, 0.25) is 0 Å². The lowest BCUT2D eigenvalue weighted by Crippen LogP contribution is -2.17. The predicted molar refractivity (Wildman–Crippen MR) is 111 cm³/mol. The highest BCUT2D eigenvalue weighted by Gasteiger charge is 2.13. The fourth-order valence-corrected chi connectivity index (χ4v) is 2.53. The number of halogens is 1. The van der Waals surface area contributed by atoms with Crippen LogP contribution in [0.15, 0.2) is 71.8 Å². The van der Waals surface area contributed by atoms with E-state index < -0.39 is 17.7 Å². The van der Waals surface area contributed by atoms with Gasteiger partial charge in [-0.05, 0) is 67.1 Å². The van der Waals surface area contributed by atoms with Gasteiger partial charge in [-0.15, -0.1) is 0 Å². The van der Waals surface area contributed by atoms with Crippen molar-refractivity contribution in [2.45, 2.75) is 6.92 Å². The number of nitrogens with one attached hydrogen (secondary N) is 1. The maximum absolute atomic E-state index is 12.9. The summed E-state index contributed by atoms with van der Waals surface area (Å²) >= 11 is 0. The lowest BCUT2D eigenvalue weighted by atomic mass is 10.1. The molecule has 0 aliphatic carbocycles. The predicted octanol–water partition coefficient (Wildman–Crippen LogP) is 4.13. The molecular formula is C23H19FN2O4. The van der Waals surface area contributed by atoms with Crippen LogP contribution in [0.5, 0.6) is 11.5 Å². The number of esters is 1. The Morgan fingerprint density at radius 1 is 0.933 bits per heavy atom. The number of carbonyl (C=O) groups excluding carboxylic acids is 2. The molecule has 7 heteroatoms. The van der Waals surface area contributed by atoms with Gasteiger partial charge in [0.2, 0.25) is 0 Å². The molecule has 0 spiro atoms. The molecule has 30 heavy (non-hydrogen) atoms. The van der Waals surface area contributed by atoms with Crippen LogP contribution in [0.1, 0.15) is 31.8 Å². The van der Waals surface area contributed by atoms with Gasteiger partial charge in [0.05, 0.1) is 18.9 Å². The molecule has 0 saturated heterocycles. The molecule has 0 bridgehead atoms. The molecule has 152 valence electrons. The van der Waals surface area contributed by atoms with Crippen molar-refractivity contribution in [2.24, 2.45) is 5.10 Å². The van der Waals surface area contributed by atoms with E-state index in [1.165, 1.54) is 37.6 Å². The lowest BCUT2D eigenvalue weighted by Gasteiger charge is -2.10. The number of benzene rings is 3. The van der Waals surface area contributed by atoms with E-state index in [1.54, 1.807) is 30.3 Å². The van der Waals surface area contributed by atoms with E-state index in [1.807, 2.05) is 19.1 Å². The standard InChI is InChI=1S/C23H19FN2O4/c1-15-3-6-18(7-4-15)23(28)30-20-12-5-16(13-21(20)29-2)14-25-26-22(27)17-8-10-19(24)11-9-17/h3-14H,1-2H3,(H,26,27)/b25-14+. The summed E-state index contributed by atoms with van der Waals surface area (Å²) in [6.07, 6.45) is 1.41. The molecule has 3 aromatic carbocycles. The van der Waals surface area contributed by atoms with E-state index in [0.29, 0.717) is 16.9 Å². The van der Waals surface area contributed by atoms with Crippen molar-refractivity contribution in [3.8, 4) is 11.5 Å². The Morgan fingerprint density at radius 2 is 1.60 bits per heavy atom. The Hall–Kier alpha value is -4.00. The number of nitrogens with zero attached hydrogens (tertiary/aromatic N) is 1. The van der Waals surface area contributed by atoms with Crippen LogP contribution in [-0.4, -0.2) is 25.2 Å². The zero-order chi connectivity index (χ0) is 21.5. The first-order valence-corrected chi connectivity index (χ1v) is 9.02. The molecule has 1 N–H and O–H groups in total. The third kappa shape index (κ3) is 5.29. The largest absolute Gasteiger partial charge is 0.493 e. The first kappa shape index (κ1) is 20.7. The van der Waals surface area contributed by atoms with Crippen LogP contribution in [0.4, 0.5) is 4.39 Å². The second-order valence-electron chi connectivity index (χ2n) is 6.37. The highest BCUT2D eigenvalue weighted by molar-refractivity contribution is 5.95. The molecule has 0 heterocycles. The number of hydrogen-bond acceptors (Lipinski definition) is 5. The molecule has 0 aliphatic heterocycles. The third-order valence-electron chi connectivity index (χ3n) is 4.16. The average molecular weight is 406 g/mol. The van der Waals surface area contributed by atoms with Gasteiger partial charge in [0.25, 0.3) is 5.91 Å². The number of ether oxygens (including phenoxy) is 2. The van der Waals surface area contributed by atoms with Gasteiger partial charge in [-0.3, -0.25) is 4.79 Å². The fourth-order valence-electron chi connectivity index (χ4n) is 2.53. The molecule has 0 unspecified atom stereocenters. The summed E-state index contributed by atoms with van der Waals surface area (Å²) in [4.78, 5) is 24.3. The molecule has 3 rings (SSSR count). The van der Waals surface area contributed by atoms with Crippen molar-refractivity contribution >= 4 is 18.1 Å². The molecule has 0 saturated carbocycles. The van der Waals surface area contributed by atoms with E-state index in [2.05, 4.69) is 10.5 Å². The molecule has 6 nitrogen and oxygen atoms in total. The number of hydrogen-bond donors (Lipinski definition) is 1. The summed E-state index contributed by atoms with van der Waals surface area (Å²) in [5.41, 5.74) is 4.72. The van der Waals surface area contributed by atoms with E-state index >= 15 is 0 Å². The van der Waals surface area contributed by atoms with Crippen molar-refractivity contribution in [3.05, 3.63) is 94.8 Å². The smallest absolute Gasteiger partial charge is 0.343 e. The number of methoxy groups -OCH3 is 1. The molecule has 0 atom stereocenters. The van der Waals surface area contributed by atoms with Crippen molar-refractivity contribution in [3.63, 3.8) is 0 Å². The number of amides is 1. The topological polar surface area (TPSA) is 77.0 Å². The molecule has 0 aromatic heterocycles. The minimum Gasteiger partial charge on any atom is -0.493 e. The summed E-state index contributed by atoms with van der Waals surface area (Å²) in [5.74, 6) is -0.798. The summed E-state index contributed by atoms with van der Waals surface area (Å²) < 4.78 is 23.6. The van der Waals surface area contributed by atoms with Gasteiger partial charge >= 0.3 is 5.97 Å². The lowest BCUT2D eigenvalue weighted by molar-refractivity contribution is 0.0729. The van der Waals surface area contributed by atoms with Gasteiger partial charge in [-0.1, -0.05) is 17.7 Å². The summed E-state index contributed by atoms with van der Waals surface area (Å²) in [6.45, 7) is 1.93. The summed E-state index contributed by atoms with van der Waals surface area (Å²) in [7, 11) is 1.45. The van der Waals surface area contributed by atoms with Crippen LogP contribution in [0.3, 0.4) is 0 Å². The molecule has 3 aromatic rings. The van der Waals surface area contributed by atoms with Gasteiger partial charge in [-0.25, -0.2) is 14.6 Å². The van der Waals surface area contributed by atoms with Crippen molar-refractivity contribution in [2.75, 3.05) is 7.11 Å². The van der Waals surface area contributed by atoms with Crippen LogP contribution in [-0.2, 0) is 0 Å². The zero-order valence-electron chi connectivity index (χ0n) is 16.4. The molecular weight excluding hydrogens is 387 g/mol. The Balaban J connectivity index is 1.66. The van der Waals surface area contributed by atoms with Crippen LogP contribution in [0, 0.1) is 12.7 Å². The van der Waals surface area contributed by atoms with Crippen molar-refractivity contribution in [1.82, 2.24) is 5.43 Å². The first-order valence-electron chi connectivity index (χ1n) is 9.02. The Labute approximate surface area is 173 Å². The normalized spacial score (nSPS) is 10.6. The highest BCUT2D eigenvalue weighted by Crippen LogP contribution is 2.28. The van der Waals surface area contributed by atoms with E-state index in [4.69, 9.17) is 9.47 Å². The Bertz CT molecular complexity index is 1080. The monoisotopic (exact) mass is 406 g/mol. The molecule has 1 amide bonds. The number of carbonyl (C=O) groups is 2. The van der Waals surface area contributed by atoms with Gasteiger partial charge in [0.15, 0.2) is 11.5 Å². The third-order valence-corrected chi connectivity index (χ3v) is 4.16. The molecule has 0 fully saturated rings. The van der Waals surface area contributed by atoms with Crippen LogP contribution in [0.25, 0.3) is 0 Å². The van der Waals surface area contributed by atoms with Crippen LogP contribution < -0.4 is 14.9 Å². The van der Waals surface area contributed by atoms with Crippen molar-refractivity contribution < 1.29 is 23.5 Å². The SMILES string of the molecule is COc1cc(/C=N/NC(=O)c2ccc(F)cc2)ccc1OC(=O)c1ccc(C)cc1. The van der Waals surface area contributed by atoms with Gasteiger partial charge in [-0.2, -0.15) is 5.10 Å². The first-order chi connectivity index (χ1) is 14.5. The van der Waals surface area contributed by atoms with E-state index in [9.17, 15) is 14.0 Å². The molecule has 0 radical (unpaired) electrons. The quantitative estimate of drug-likeness (QED) is 0.289. The van der Waals surface area contributed by atoms with E-state index in [-0.39, 0.29) is 11.3 Å². The summed E-state index contributed by atoms with van der Waals surface area (Å²) in [5, 5.41) is 3.88. The van der Waals surface area contributed by atoms with E-state index in [0.717, 1.165) is 5.56 Å². The fraction of sp³-hybridized carbons (Fsp3) is 0.0870. The van der Waals surface area contributed by atoms with Gasteiger partial charge < -0.3 is 9.47 Å². The Kier molecular flexibility index (Phi) is 6.54. The number of aryl methyl sites for hydroxylation is 1. The maximum Gasteiger partial charge on any atom is 0.343 e. The highest BCUT2D eigenvalue weighted by atomic mass is 19.1. The summed E-state index contributed by atoms with van der Waals surface area (Å²) in [6, 6.07) is 17.0.